The van der Waals surface area contributed by atoms with Crippen molar-refractivity contribution < 1.29 is 18.4 Å². The largest absolute Gasteiger partial charge is 0.465 e. The third-order valence-electron chi connectivity index (χ3n) is 2.36. The zero-order valence-electron chi connectivity index (χ0n) is 10.6. The van der Waals surface area contributed by atoms with Crippen molar-refractivity contribution in [2.45, 2.75) is 13.8 Å². The van der Waals surface area contributed by atoms with Crippen LogP contribution < -0.4 is 10.1 Å². The average Bonchev–Trinajstić information content (AvgIpc) is 2.76. The topological polar surface area (TPSA) is 64.4 Å². The minimum absolute atomic E-state index is 0.121. The summed E-state index contributed by atoms with van der Waals surface area (Å²) in [6.07, 6.45) is 0. The van der Waals surface area contributed by atoms with E-state index in [1.165, 1.54) is 12.1 Å². The summed E-state index contributed by atoms with van der Waals surface area (Å²) in [7, 11) is 0. The molecule has 0 saturated carbocycles. The molecule has 19 heavy (non-hydrogen) atoms. The zero-order valence-corrected chi connectivity index (χ0v) is 10.6. The maximum atomic E-state index is 13.5. The lowest BCUT2D eigenvalue weighted by Crippen LogP contribution is -2.20. The van der Waals surface area contributed by atoms with E-state index in [0.717, 1.165) is 5.56 Å². The average molecular weight is 264 g/mol. The van der Waals surface area contributed by atoms with Gasteiger partial charge in [-0.25, -0.2) is 4.39 Å². The van der Waals surface area contributed by atoms with E-state index >= 15 is 0 Å². The Bertz CT molecular complexity index is 595. The van der Waals surface area contributed by atoms with E-state index < -0.39 is 11.7 Å². The Morgan fingerprint density at radius 1 is 1.42 bits per heavy atom. The number of aromatic nitrogens is 1. The van der Waals surface area contributed by atoms with Crippen molar-refractivity contribution in [2.75, 3.05) is 11.9 Å². The lowest BCUT2D eigenvalue weighted by molar-refractivity contribution is -0.118. The fourth-order valence-electron chi connectivity index (χ4n) is 1.46. The number of carbonyl (C=O) groups is 1. The molecule has 1 aromatic carbocycles. The summed E-state index contributed by atoms with van der Waals surface area (Å²) in [5.74, 6) is -0.147. The molecule has 100 valence electrons. The van der Waals surface area contributed by atoms with Crippen molar-refractivity contribution >= 4 is 11.6 Å². The number of aryl methyl sites for hydroxylation is 2. The van der Waals surface area contributed by atoms with Crippen LogP contribution in [0.3, 0.4) is 0 Å². The Morgan fingerprint density at radius 3 is 2.84 bits per heavy atom. The van der Waals surface area contributed by atoms with Gasteiger partial charge in [0, 0.05) is 6.07 Å². The lowest BCUT2D eigenvalue weighted by atomic mass is 10.2. The molecule has 2 aromatic rings. The number of anilines is 1. The summed E-state index contributed by atoms with van der Waals surface area (Å²) >= 11 is 0. The van der Waals surface area contributed by atoms with Crippen LogP contribution in [0.4, 0.5) is 10.1 Å². The number of benzene rings is 1. The predicted molar refractivity (Wildman–Crippen MR) is 66.5 cm³/mol. The molecule has 5 nitrogen and oxygen atoms in total. The molecular formula is C13H13FN2O3. The van der Waals surface area contributed by atoms with E-state index in [-0.39, 0.29) is 18.2 Å². The van der Waals surface area contributed by atoms with E-state index in [9.17, 15) is 9.18 Å². The smallest absolute Gasteiger partial charge is 0.262 e. The Hall–Kier alpha value is -2.37. The standard InChI is InChI=1S/C13H13FN2O3/c1-8-3-4-11(10(14)5-8)15-12(17)7-18-13-6-9(2)19-16-13/h3-6H,7H2,1-2H3,(H,15,17). The highest BCUT2D eigenvalue weighted by Crippen LogP contribution is 2.15. The van der Waals surface area contributed by atoms with E-state index in [1.54, 1.807) is 26.0 Å². The monoisotopic (exact) mass is 264 g/mol. The second-order valence-electron chi connectivity index (χ2n) is 4.10. The molecule has 0 radical (unpaired) electrons. The van der Waals surface area contributed by atoms with Crippen LogP contribution in [-0.4, -0.2) is 17.7 Å². The van der Waals surface area contributed by atoms with Crippen LogP contribution >= 0.6 is 0 Å². The van der Waals surface area contributed by atoms with Crippen LogP contribution in [0.5, 0.6) is 5.88 Å². The quantitative estimate of drug-likeness (QED) is 0.921. The molecule has 6 heteroatoms. The fraction of sp³-hybridized carbons (Fsp3) is 0.231. The number of rotatable bonds is 4. The second-order valence-corrected chi connectivity index (χ2v) is 4.10. The van der Waals surface area contributed by atoms with Gasteiger partial charge in [0.05, 0.1) is 5.69 Å². The number of hydrogen-bond donors (Lipinski definition) is 1. The van der Waals surface area contributed by atoms with Gasteiger partial charge in [-0.1, -0.05) is 6.07 Å². The molecule has 1 amide bonds. The van der Waals surface area contributed by atoms with Crippen LogP contribution in [0.25, 0.3) is 0 Å². The summed E-state index contributed by atoms with van der Waals surface area (Å²) in [6, 6.07) is 6.11. The van der Waals surface area contributed by atoms with Gasteiger partial charge in [0.2, 0.25) is 0 Å². The predicted octanol–water partition coefficient (Wildman–Crippen LogP) is 2.45. The summed E-state index contributed by atoms with van der Waals surface area (Å²) in [5.41, 5.74) is 0.903. The number of halogens is 1. The van der Waals surface area contributed by atoms with Crippen LogP contribution in [-0.2, 0) is 4.79 Å². The molecular weight excluding hydrogens is 251 g/mol. The number of hydrogen-bond acceptors (Lipinski definition) is 4. The number of nitrogens with one attached hydrogen (secondary N) is 1. The van der Waals surface area contributed by atoms with Gasteiger partial charge in [0.25, 0.3) is 11.8 Å². The number of nitrogens with zero attached hydrogens (tertiary/aromatic N) is 1. The van der Waals surface area contributed by atoms with Gasteiger partial charge in [-0.05, 0) is 36.7 Å². The van der Waals surface area contributed by atoms with Crippen LogP contribution in [0.15, 0.2) is 28.8 Å². The Balaban J connectivity index is 1.90. The third-order valence-corrected chi connectivity index (χ3v) is 2.36. The van der Waals surface area contributed by atoms with Gasteiger partial charge in [-0.15, -0.1) is 0 Å². The van der Waals surface area contributed by atoms with Gasteiger partial charge < -0.3 is 14.6 Å². The zero-order chi connectivity index (χ0) is 13.8. The van der Waals surface area contributed by atoms with Gasteiger partial charge in [0.15, 0.2) is 6.61 Å². The first-order valence-electron chi connectivity index (χ1n) is 5.67. The van der Waals surface area contributed by atoms with Crippen LogP contribution in [0, 0.1) is 19.7 Å². The normalized spacial score (nSPS) is 10.3. The fourth-order valence-corrected chi connectivity index (χ4v) is 1.46. The minimum atomic E-state index is -0.481. The highest BCUT2D eigenvalue weighted by molar-refractivity contribution is 5.91. The Labute approximate surface area is 109 Å². The first-order valence-corrected chi connectivity index (χ1v) is 5.67. The molecule has 0 spiro atoms. The molecule has 2 rings (SSSR count). The highest BCUT2D eigenvalue weighted by atomic mass is 19.1. The van der Waals surface area contributed by atoms with E-state index in [1.807, 2.05) is 0 Å². The molecule has 1 N–H and O–H groups in total. The summed E-state index contributed by atoms with van der Waals surface area (Å²) in [4.78, 5) is 11.6. The number of ether oxygens (including phenoxy) is 1. The van der Waals surface area contributed by atoms with Crippen molar-refractivity contribution in [3.63, 3.8) is 0 Å². The van der Waals surface area contributed by atoms with Crippen LogP contribution in [0.2, 0.25) is 0 Å². The second kappa shape index (κ2) is 5.51. The van der Waals surface area contributed by atoms with Crippen molar-refractivity contribution in [2.24, 2.45) is 0 Å². The summed E-state index contributed by atoms with van der Waals surface area (Å²) < 4.78 is 23.4. The molecule has 0 unspecified atom stereocenters. The first-order chi connectivity index (χ1) is 9.04. The molecule has 0 bridgehead atoms. The molecule has 0 aliphatic heterocycles. The van der Waals surface area contributed by atoms with Gasteiger partial charge >= 0.3 is 0 Å². The van der Waals surface area contributed by atoms with E-state index in [0.29, 0.717) is 5.76 Å². The van der Waals surface area contributed by atoms with Crippen molar-refractivity contribution in [1.82, 2.24) is 5.16 Å². The first kappa shape index (κ1) is 13.1. The summed E-state index contributed by atoms with van der Waals surface area (Å²) in [5, 5.41) is 5.99. The highest BCUT2D eigenvalue weighted by Gasteiger charge is 2.09. The number of carbonyl (C=O) groups excluding carboxylic acids is 1. The molecule has 1 aromatic heterocycles. The Morgan fingerprint density at radius 2 is 2.21 bits per heavy atom. The maximum absolute atomic E-state index is 13.5. The molecule has 0 fully saturated rings. The third kappa shape index (κ3) is 3.54. The van der Waals surface area contributed by atoms with Gasteiger partial charge in [-0.3, -0.25) is 4.79 Å². The van der Waals surface area contributed by atoms with Crippen molar-refractivity contribution in [3.8, 4) is 5.88 Å². The SMILES string of the molecule is Cc1ccc(NC(=O)COc2cc(C)on2)c(F)c1. The Kier molecular flexibility index (Phi) is 3.79. The molecule has 0 atom stereocenters. The number of amides is 1. The summed E-state index contributed by atoms with van der Waals surface area (Å²) in [6.45, 7) is 3.21. The van der Waals surface area contributed by atoms with E-state index in [4.69, 9.17) is 9.26 Å². The van der Waals surface area contributed by atoms with Crippen molar-refractivity contribution in [3.05, 3.63) is 41.4 Å². The van der Waals surface area contributed by atoms with Crippen molar-refractivity contribution in [1.29, 1.82) is 0 Å². The maximum Gasteiger partial charge on any atom is 0.262 e. The lowest BCUT2D eigenvalue weighted by Gasteiger charge is -2.07. The van der Waals surface area contributed by atoms with Gasteiger partial charge in [0.1, 0.15) is 11.6 Å². The molecule has 1 heterocycles. The molecule has 0 saturated heterocycles. The van der Waals surface area contributed by atoms with Gasteiger partial charge in [-0.2, -0.15) is 0 Å². The van der Waals surface area contributed by atoms with E-state index in [2.05, 4.69) is 10.5 Å². The minimum Gasteiger partial charge on any atom is -0.465 e. The molecule has 0 aliphatic carbocycles. The molecule has 0 aliphatic rings. The van der Waals surface area contributed by atoms with Crippen LogP contribution in [0.1, 0.15) is 11.3 Å².